The van der Waals surface area contributed by atoms with E-state index in [2.05, 4.69) is 16.0 Å². The van der Waals surface area contributed by atoms with Crippen molar-refractivity contribution in [3.8, 4) is 5.75 Å². The van der Waals surface area contributed by atoms with Crippen LogP contribution in [0.5, 0.6) is 5.75 Å². The van der Waals surface area contributed by atoms with Crippen LogP contribution in [0, 0.1) is 0 Å². The predicted molar refractivity (Wildman–Crippen MR) is 122 cm³/mol. The van der Waals surface area contributed by atoms with Crippen molar-refractivity contribution in [1.29, 1.82) is 0 Å². The molecule has 3 aromatic carbocycles. The number of nitrogens with one attached hydrogen (secondary N) is 3. The van der Waals surface area contributed by atoms with Gasteiger partial charge >= 0.3 is 0 Å². The maximum absolute atomic E-state index is 12.7. The summed E-state index contributed by atoms with van der Waals surface area (Å²) in [5, 5.41) is 8.92. The second kappa shape index (κ2) is 10.9. The molecule has 0 bridgehead atoms. The molecule has 0 heterocycles. The summed E-state index contributed by atoms with van der Waals surface area (Å²) in [6, 6.07) is 24.3. The van der Waals surface area contributed by atoms with Crippen LogP contribution in [0.4, 0.5) is 5.69 Å². The molecule has 2 amide bonds. The van der Waals surface area contributed by atoms with Crippen LogP contribution in [0.1, 0.15) is 34.5 Å². The van der Waals surface area contributed by atoms with Crippen LogP contribution in [0.2, 0.25) is 0 Å². The smallest absolute Gasteiger partial charge is 0.253 e. The molecule has 0 saturated carbocycles. The van der Waals surface area contributed by atoms with Gasteiger partial charge in [-0.25, -0.2) is 0 Å². The Bertz CT molecular complexity index is 1020. The molecule has 0 radical (unpaired) electrons. The van der Waals surface area contributed by atoms with Crippen molar-refractivity contribution in [3.63, 3.8) is 0 Å². The van der Waals surface area contributed by atoms with E-state index >= 15 is 0 Å². The van der Waals surface area contributed by atoms with Crippen molar-refractivity contribution in [3.05, 3.63) is 95.6 Å². The third-order valence-corrected chi connectivity index (χ3v) is 4.92. The standard InChI is InChI=1S/C25H27N3O3/c1-18(20-12-7-9-15-23(20)31-2)26-17-24(29)28-22-14-8-6-13-21(22)25(30)27-16-19-10-4-3-5-11-19/h3-15,18,26H,16-17H2,1-2H3,(H,27,30)(H,28,29)/t18-/m0/s1. The summed E-state index contributed by atoms with van der Waals surface area (Å²) in [6.45, 7) is 2.48. The Labute approximate surface area is 182 Å². The Hall–Kier alpha value is -3.64. The molecule has 0 aliphatic rings. The lowest BCUT2D eigenvalue weighted by atomic mass is 10.1. The van der Waals surface area contributed by atoms with Crippen LogP contribution in [0.15, 0.2) is 78.9 Å². The van der Waals surface area contributed by atoms with Gasteiger partial charge in [0, 0.05) is 18.2 Å². The third kappa shape index (κ3) is 6.17. The van der Waals surface area contributed by atoms with Gasteiger partial charge in [-0.2, -0.15) is 0 Å². The second-order valence-corrected chi connectivity index (χ2v) is 7.11. The van der Waals surface area contributed by atoms with Crippen molar-refractivity contribution in [2.24, 2.45) is 0 Å². The maximum atomic E-state index is 12.7. The van der Waals surface area contributed by atoms with E-state index < -0.39 is 0 Å². The summed E-state index contributed by atoms with van der Waals surface area (Å²) in [4.78, 5) is 25.2. The molecule has 6 nitrogen and oxygen atoms in total. The Balaban J connectivity index is 1.58. The van der Waals surface area contributed by atoms with Gasteiger partial charge in [-0.1, -0.05) is 60.7 Å². The molecule has 160 valence electrons. The van der Waals surface area contributed by atoms with Crippen LogP contribution in [0.25, 0.3) is 0 Å². The summed E-state index contributed by atoms with van der Waals surface area (Å²) >= 11 is 0. The van der Waals surface area contributed by atoms with Crippen LogP contribution >= 0.6 is 0 Å². The average molecular weight is 418 g/mol. The Morgan fingerprint density at radius 1 is 0.903 bits per heavy atom. The van der Waals surface area contributed by atoms with Crippen LogP contribution in [-0.4, -0.2) is 25.5 Å². The molecule has 0 fully saturated rings. The first-order valence-corrected chi connectivity index (χ1v) is 10.2. The molecular weight excluding hydrogens is 390 g/mol. The van der Waals surface area contributed by atoms with Crippen LogP contribution < -0.4 is 20.7 Å². The van der Waals surface area contributed by atoms with E-state index in [1.807, 2.05) is 61.5 Å². The van der Waals surface area contributed by atoms with Gasteiger partial charge in [0.15, 0.2) is 0 Å². The fourth-order valence-electron chi connectivity index (χ4n) is 3.24. The highest BCUT2D eigenvalue weighted by atomic mass is 16.5. The number of rotatable bonds is 9. The monoisotopic (exact) mass is 417 g/mol. The van der Waals surface area contributed by atoms with Gasteiger partial charge in [-0.15, -0.1) is 0 Å². The van der Waals surface area contributed by atoms with Crippen molar-refractivity contribution in [1.82, 2.24) is 10.6 Å². The minimum atomic E-state index is -0.241. The first kappa shape index (κ1) is 22.1. The van der Waals surface area contributed by atoms with Gasteiger partial charge in [-0.3, -0.25) is 9.59 Å². The Morgan fingerprint density at radius 2 is 1.58 bits per heavy atom. The van der Waals surface area contributed by atoms with Gasteiger partial charge < -0.3 is 20.7 Å². The molecule has 31 heavy (non-hydrogen) atoms. The summed E-state index contributed by atoms with van der Waals surface area (Å²) < 4.78 is 5.38. The largest absolute Gasteiger partial charge is 0.496 e. The fraction of sp³-hybridized carbons (Fsp3) is 0.200. The summed E-state index contributed by atoms with van der Waals surface area (Å²) in [7, 11) is 1.62. The zero-order valence-electron chi connectivity index (χ0n) is 17.7. The molecule has 0 spiro atoms. The molecule has 0 saturated heterocycles. The van der Waals surface area contributed by atoms with E-state index in [1.165, 1.54) is 0 Å². The van der Waals surface area contributed by atoms with E-state index in [-0.39, 0.29) is 24.4 Å². The first-order chi connectivity index (χ1) is 15.1. The minimum absolute atomic E-state index is 0.0775. The minimum Gasteiger partial charge on any atom is -0.496 e. The lowest BCUT2D eigenvalue weighted by molar-refractivity contribution is -0.115. The second-order valence-electron chi connectivity index (χ2n) is 7.11. The highest BCUT2D eigenvalue weighted by molar-refractivity contribution is 6.04. The highest BCUT2D eigenvalue weighted by Gasteiger charge is 2.15. The lowest BCUT2D eigenvalue weighted by Crippen LogP contribution is -2.31. The average Bonchev–Trinajstić information content (AvgIpc) is 2.82. The molecule has 3 rings (SSSR count). The van der Waals surface area contributed by atoms with Gasteiger partial charge in [0.1, 0.15) is 5.75 Å². The molecule has 1 atom stereocenters. The van der Waals surface area contributed by atoms with Gasteiger partial charge in [0.2, 0.25) is 5.91 Å². The predicted octanol–water partition coefficient (Wildman–Crippen LogP) is 3.91. The van der Waals surface area contributed by atoms with E-state index in [1.54, 1.807) is 31.4 Å². The summed E-state index contributed by atoms with van der Waals surface area (Å²) in [5.74, 6) is 0.295. The number of ether oxygens (including phenoxy) is 1. The topological polar surface area (TPSA) is 79.5 Å². The van der Waals surface area contributed by atoms with Crippen molar-refractivity contribution in [2.75, 3.05) is 19.0 Å². The number of hydrogen-bond donors (Lipinski definition) is 3. The first-order valence-electron chi connectivity index (χ1n) is 10.2. The van der Waals surface area contributed by atoms with Crippen molar-refractivity contribution in [2.45, 2.75) is 19.5 Å². The zero-order valence-corrected chi connectivity index (χ0v) is 17.7. The summed E-state index contributed by atoms with van der Waals surface area (Å²) in [5.41, 5.74) is 2.87. The van der Waals surface area contributed by atoms with Gasteiger partial charge in [-0.05, 0) is 30.7 Å². The van der Waals surface area contributed by atoms with E-state index in [0.29, 0.717) is 17.8 Å². The maximum Gasteiger partial charge on any atom is 0.253 e. The number of hydrogen-bond acceptors (Lipinski definition) is 4. The number of methoxy groups -OCH3 is 1. The fourth-order valence-corrected chi connectivity index (χ4v) is 3.24. The van der Waals surface area contributed by atoms with E-state index in [0.717, 1.165) is 16.9 Å². The molecule has 6 heteroatoms. The molecule has 3 N–H and O–H groups in total. The Kier molecular flexibility index (Phi) is 7.79. The number of amides is 2. The normalized spacial score (nSPS) is 11.4. The molecular formula is C25H27N3O3. The SMILES string of the molecule is COc1ccccc1[C@H](C)NCC(=O)Nc1ccccc1C(=O)NCc1ccccc1. The van der Waals surface area contributed by atoms with Crippen molar-refractivity contribution >= 4 is 17.5 Å². The summed E-state index contributed by atoms with van der Waals surface area (Å²) in [6.07, 6.45) is 0. The van der Waals surface area contributed by atoms with Crippen LogP contribution in [0.3, 0.4) is 0 Å². The highest BCUT2D eigenvalue weighted by Crippen LogP contribution is 2.24. The zero-order chi connectivity index (χ0) is 22.1. The van der Waals surface area contributed by atoms with Gasteiger partial charge in [0.25, 0.3) is 5.91 Å². The number of benzene rings is 3. The lowest BCUT2D eigenvalue weighted by Gasteiger charge is -2.17. The van der Waals surface area contributed by atoms with E-state index in [9.17, 15) is 9.59 Å². The van der Waals surface area contributed by atoms with E-state index in [4.69, 9.17) is 4.74 Å². The molecule has 3 aromatic rings. The van der Waals surface area contributed by atoms with Gasteiger partial charge in [0.05, 0.1) is 24.9 Å². The third-order valence-electron chi connectivity index (χ3n) is 4.92. The molecule has 0 aliphatic heterocycles. The van der Waals surface area contributed by atoms with Crippen molar-refractivity contribution < 1.29 is 14.3 Å². The number of anilines is 1. The van der Waals surface area contributed by atoms with Crippen LogP contribution in [-0.2, 0) is 11.3 Å². The number of carbonyl (C=O) groups excluding carboxylic acids is 2. The molecule has 0 aromatic heterocycles. The number of carbonyl (C=O) groups is 2. The quantitative estimate of drug-likeness (QED) is 0.493. The Morgan fingerprint density at radius 3 is 2.35 bits per heavy atom. The molecule has 0 unspecified atom stereocenters. The molecule has 0 aliphatic carbocycles. The number of para-hydroxylation sites is 2.